The smallest absolute Gasteiger partial charge is 0.253 e. The van der Waals surface area contributed by atoms with Crippen LogP contribution < -0.4 is 5.32 Å². The molecular formula is C16H20N6O2. The molecule has 0 unspecified atom stereocenters. The number of rotatable bonds is 4. The third kappa shape index (κ3) is 3.02. The summed E-state index contributed by atoms with van der Waals surface area (Å²) < 4.78 is 7.37. The Kier molecular flexibility index (Phi) is 4.22. The van der Waals surface area contributed by atoms with Gasteiger partial charge in [0.25, 0.3) is 5.91 Å². The Hall–Kier alpha value is -2.32. The molecule has 2 aromatic rings. The lowest BCUT2D eigenvalue weighted by atomic mass is 10.1. The zero-order valence-corrected chi connectivity index (χ0v) is 13.3. The number of hydrogen-bond donors (Lipinski definition) is 1. The topological polar surface area (TPSA) is 85.2 Å². The van der Waals surface area contributed by atoms with Crippen molar-refractivity contribution in [2.24, 2.45) is 0 Å². The summed E-state index contributed by atoms with van der Waals surface area (Å²) in [7, 11) is 0. The lowest BCUT2D eigenvalue weighted by Crippen LogP contribution is -2.50. The highest BCUT2D eigenvalue weighted by Gasteiger charge is 2.32. The average molecular weight is 328 g/mol. The minimum atomic E-state index is -0.145. The normalized spacial score (nSPS) is 23.8. The van der Waals surface area contributed by atoms with Gasteiger partial charge in [-0.2, -0.15) is 4.68 Å². The van der Waals surface area contributed by atoms with Gasteiger partial charge in [-0.15, -0.1) is 5.10 Å². The van der Waals surface area contributed by atoms with Crippen LogP contribution in [0.15, 0.2) is 30.6 Å². The molecule has 1 amide bonds. The van der Waals surface area contributed by atoms with E-state index >= 15 is 0 Å². The molecule has 24 heavy (non-hydrogen) atoms. The summed E-state index contributed by atoms with van der Waals surface area (Å²) in [6.07, 6.45) is 3.98. The molecule has 0 radical (unpaired) electrons. The van der Waals surface area contributed by atoms with E-state index in [0.29, 0.717) is 23.8 Å². The Bertz CT molecular complexity index is 704. The van der Waals surface area contributed by atoms with Crippen molar-refractivity contribution in [2.45, 2.75) is 25.0 Å². The molecule has 2 aliphatic rings. The number of carbonyl (C=O) groups is 1. The number of amides is 1. The molecule has 2 saturated heterocycles. The number of hydrogen-bond acceptors (Lipinski definition) is 6. The molecule has 0 spiro atoms. The van der Waals surface area contributed by atoms with Crippen LogP contribution in [0.4, 0.5) is 0 Å². The van der Waals surface area contributed by atoms with Gasteiger partial charge in [-0.05, 0) is 41.9 Å². The van der Waals surface area contributed by atoms with Crippen LogP contribution in [-0.4, -0.2) is 69.4 Å². The van der Waals surface area contributed by atoms with Gasteiger partial charge in [0.2, 0.25) is 0 Å². The molecule has 2 fully saturated rings. The van der Waals surface area contributed by atoms with Crippen LogP contribution in [0.3, 0.4) is 0 Å². The number of benzene rings is 1. The van der Waals surface area contributed by atoms with Crippen molar-refractivity contribution < 1.29 is 9.53 Å². The molecule has 0 saturated carbocycles. The van der Waals surface area contributed by atoms with Gasteiger partial charge in [0.15, 0.2) is 0 Å². The summed E-state index contributed by atoms with van der Waals surface area (Å²) in [6.45, 7) is 3.30. The molecule has 1 N–H and O–H groups in total. The summed E-state index contributed by atoms with van der Waals surface area (Å²) in [5.74, 6) is -0.145. The number of nitrogens with zero attached hydrogens (tertiary/aromatic N) is 5. The fourth-order valence-electron chi connectivity index (χ4n) is 3.45. The predicted molar refractivity (Wildman–Crippen MR) is 85.8 cm³/mol. The highest BCUT2D eigenvalue weighted by molar-refractivity contribution is 5.97. The van der Waals surface area contributed by atoms with Crippen molar-refractivity contribution in [1.82, 2.24) is 30.4 Å². The Morgan fingerprint density at radius 3 is 3.17 bits per heavy atom. The molecule has 4 rings (SSSR count). The second-order valence-electron chi connectivity index (χ2n) is 6.23. The van der Waals surface area contributed by atoms with E-state index in [1.807, 2.05) is 18.2 Å². The molecular weight excluding hydrogens is 308 g/mol. The molecule has 8 heteroatoms. The van der Waals surface area contributed by atoms with E-state index in [0.717, 1.165) is 19.7 Å². The third-order valence-corrected chi connectivity index (χ3v) is 4.70. The molecule has 0 aliphatic carbocycles. The molecule has 3 heterocycles. The van der Waals surface area contributed by atoms with E-state index < -0.39 is 0 Å². The van der Waals surface area contributed by atoms with Crippen molar-refractivity contribution in [1.29, 1.82) is 0 Å². The van der Waals surface area contributed by atoms with Crippen LogP contribution in [0, 0.1) is 0 Å². The van der Waals surface area contributed by atoms with Gasteiger partial charge in [0, 0.05) is 19.1 Å². The minimum absolute atomic E-state index is 0.0449. The Labute approximate surface area is 139 Å². The number of ether oxygens (including phenoxy) is 1. The summed E-state index contributed by atoms with van der Waals surface area (Å²) >= 11 is 0. The standard InChI is InChI=1S/C16H20N6O2/c23-16(14-5-1-2-6-15(14)22-11-18-19-20-22)17-8-13-9-21-7-3-4-12(21)10-24-13/h1-2,5-6,11-13H,3-4,7-10H2,(H,17,23)/t12-,13-/m1/s1. The van der Waals surface area contributed by atoms with Gasteiger partial charge >= 0.3 is 0 Å². The summed E-state index contributed by atoms with van der Waals surface area (Å²) in [5, 5.41) is 14.1. The number of tetrazole rings is 1. The summed E-state index contributed by atoms with van der Waals surface area (Å²) in [6, 6.07) is 7.83. The lowest BCUT2D eigenvalue weighted by molar-refractivity contribution is -0.0461. The van der Waals surface area contributed by atoms with Crippen molar-refractivity contribution in [3.8, 4) is 5.69 Å². The van der Waals surface area contributed by atoms with Gasteiger partial charge in [-0.1, -0.05) is 12.1 Å². The fraction of sp³-hybridized carbons (Fsp3) is 0.500. The predicted octanol–water partition coefficient (Wildman–Crippen LogP) is 0.255. The van der Waals surface area contributed by atoms with Crippen LogP contribution in [-0.2, 0) is 4.74 Å². The van der Waals surface area contributed by atoms with E-state index in [1.54, 1.807) is 6.07 Å². The van der Waals surface area contributed by atoms with E-state index in [9.17, 15) is 4.79 Å². The van der Waals surface area contributed by atoms with E-state index in [1.165, 1.54) is 23.9 Å². The van der Waals surface area contributed by atoms with E-state index in [-0.39, 0.29) is 12.0 Å². The molecule has 1 aromatic carbocycles. The van der Waals surface area contributed by atoms with Crippen molar-refractivity contribution in [3.05, 3.63) is 36.2 Å². The highest BCUT2D eigenvalue weighted by atomic mass is 16.5. The van der Waals surface area contributed by atoms with Crippen molar-refractivity contribution >= 4 is 5.91 Å². The zero-order valence-electron chi connectivity index (χ0n) is 13.3. The number of para-hydroxylation sites is 1. The van der Waals surface area contributed by atoms with Gasteiger partial charge in [-0.25, -0.2) is 0 Å². The second kappa shape index (κ2) is 6.66. The number of fused-ring (bicyclic) bond motifs is 1. The quantitative estimate of drug-likeness (QED) is 0.866. The SMILES string of the molecule is O=C(NC[C@@H]1CN2CCC[C@@H]2CO1)c1ccccc1-n1cnnn1. The number of nitrogens with one attached hydrogen (secondary N) is 1. The maximum atomic E-state index is 12.6. The first-order valence-corrected chi connectivity index (χ1v) is 8.27. The van der Waals surface area contributed by atoms with Gasteiger partial charge < -0.3 is 10.1 Å². The van der Waals surface area contributed by atoms with E-state index in [2.05, 4.69) is 25.7 Å². The first-order valence-electron chi connectivity index (χ1n) is 8.27. The highest BCUT2D eigenvalue weighted by Crippen LogP contribution is 2.22. The molecule has 2 atom stereocenters. The Morgan fingerprint density at radius 1 is 1.38 bits per heavy atom. The van der Waals surface area contributed by atoms with E-state index in [4.69, 9.17) is 4.74 Å². The summed E-state index contributed by atoms with van der Waals surface area (Å²) in [4.78, 5) is 15.0. The third-order valence-electron chi connectivity index (χ3n) is 4.70. The largest absolute Gasteiger partial charge is 0.373 e. The monoisotopic (exact) mass is 328 g/mol. The van der Waals surface area contributed by atoms with Crippen LogP contribution in [0.5, 0.6) is 0 Å². The Morgan fingerprint density at radius 2 is 2.29 bits per heavy atom. The summed E-state index contributed by atoms with van der Waals surface area (Å²) in [5.41, 5.74) is 1.20. The van der Waals surface area contributed by atoms with Gasteiger partial charge in [0.1, 0.15) is 6.33 Å². The van der Waals surface area contributed by atoms with Crippen LogP contribution in [0.25, 0.3) is 5.69 Å². The molecule has 0 bridgehead atoms. The first-order chi connectivity index (χ1) is 11.8. The number of aromatic nitrogens is 4. The lowest BCUT2D eigenvalue weighted by Gasteiger charge is -2.35. The minimum Gasteiger partial charge on any atom is -0.373 e. The maximum absolute atomic E-state index is 12.6. The van der Waals surface area contributed by atoms with Gasteiger partial charge in [-0.3, -0.25) is 9.69 Å². The molecule has 1 aromatic heterocycles. The average Bonchev–Trinajstić information content (AvgIpc) is 3.30. The Balaban J connectivity index is 1.40. The molecule has 126 valence electrons. The second-order valence-corrected chi connectivity index (χ2v) is 6.23. The van der Waals surface area contributed by atoms with Crippen LogP contribution in [0.1, 0.15) is 23.2 Å². The first kappa shape index (κ1) is 15.2. The van der Waals surface area contributed by atoms with Crippen molar-refractivity contribution in [2.75, 3.05) is 26.2 Å². The number of carbonyl (C=O) groups excluding carboxylic acids is 1. The van der Waals surface area contributed by atoms with Crippen LogP contribution in [0.2, 0.25) is 0 Å². The molecule has 2 aliphatic heterocycles. The maximum Gasteiger partial charge on any atom is 0.253 e. The number of morpholine rings is 1. The zero-order chi connectivity index (χ0) is 16.4. The van der Waals surface area contributed by atoms with Crippen molar-refractivity contribution in [3.63, 3.8) is 0 Å². The fourth-order valence-corrected chi connectivity index (χ4v) is 3.45. The van der Waals surface area contributed by atoms with Gasteiger partial charge in [0.05, 0.1) is 24.0 Å². The molecule has 8 nitrogen and oxygen atoms in total. The van der Waals surface area contributed by atoms with Crippen LogP contribution >= 0.6 is 0 Å².